The van der Waals surface area contributed by atoms with Gasteiger partial charge in [-0.2, -0.15) is 0 Å². The quantitative estimate of drug-likeness (QED) is 0.662. The zero-order valence-corrected chi connectivity index (χ0v) is 18.8. The van der Waals surface area contributed by atoms with Crippen LogP contribution in [0.4, 0.5) is 15.1 Å². The van der Waals surface area contributed by atoms with E-state index in [1.165, 1.54) is 13.2 Å². The van der Waals surface area contributed by atoms with E-state index in [9.17, 15) is 14.0 Å². The van der Waals surface area contributed by atoms with E-state index < -0.39 is 23.5 Å². The summed E-state index contributed by atoms with van der Waals surface area (Å²) in [7, 11) is 1.29. The molecule has 0 unspecified atom stereocenters. The zero-order chi connectivity index (χ0) is 23.3. The molecule has 0 radical (unpaired) electrons. The van der Waals surface area contributed by atoms with Crippen LogP contribution in [0, 0.1) is 5.82 Å². The van der Waals surface area contributed by atoms with E-state index in [4.69, 9.17) is 9.47 Å². The van der Waals surface area contributed by atoms with E-state index in [-0.39, 0.29) is 17.8 Å². The number of amides is 1. The van der Waals surface area contributed by atoms with Crippen molar-refractivity contribution < 1.29 is 23.5 Å². The van der Waals surface area contributed by atoms with Gasteiger partial charge in [-0.3, -0.25) is 0 Å². The van der Waals surface area contributed by atoms with Crippen molar-refractivity contribution in [3.63, 3.8) is 0 Å². The van der Waals surface area contributed by atoms with Crippen LogP contribution in [0.25, 0.3) is 11.3 Å². The summed E-state index contributed by atoms with van der Waals surface area (Å²) in [5.74, 6) is -0.771. The number of benzene rings is 1. The van der Waals surface area contributed by atoms with Gasteiger partial charge in [-0.1, -0.05) is 12.1 Å². The summed E-state index contributed by atoms with van der Waals surface area (Å²) in [6.07, 6.45) is 3.88. The molecule has 0 saturated heterocycles. The minimum atomic E-state index is -0.581. The summed E-state index contributed by atoms with van der Waals surface area (Å²) in [5.41, 5.74) is 0.347. The van der Waals surface area contributed by atoms with Gasteiger partial charge < -0.3 is 20.1 Å². The first-order chi connectivity index (χ1) is 15.1. The Hall–Kier alpha value is -3.23. The van der Waals surface area contributed by atoms with Crippen molar-refractivity contribution in [2.24, 2.45) is 0 Å². The average molecular weight is 445 g/mol. The highest BCUT2D eigenvalue weighted by atomic mass is 19.1. The predicted octanol–water partition coefficient (Wildman–Crippen LogP) is 4.32. The molecule has 8 nitrogen and oxygen atoms in total. The predicted molar refractivity (Wildman–Crippen MR) is 118 cm³/mol. The molecule has 32 heavy (non-hydrogen) atoms. The Labute approximate surface area is 186 Å². The molecule has 0 spiro atoms. The van der Waals surface area contributed by atoms with E-state index >= 15 is 0 Å². The van der Waals surface area contributed by atoms with E-state index in [1.807, 2.05) is 20.8 Å². The van der Waals surface area contributed by atoms with Gasteiger partial charge in [0.05, 0.1) is 18.9 Å². The summed E-state index contributed by atoms with van der Waals surface area (Å²) >= 11 is 0. The Morgan fingerprint density at radius 2 is 1.81 bits per heavy atom. The van der Waals surface area contributed by atoms with Gasteiger partial charge >= 0.3 is 12.1 Å². The highest BCUT2D eigenvalue weighted by molar-refractivity contribution is 5.90. The average Bonchev–Trinajstić information content (AvgIpc) is 2.74. The smallest absolute Gasteiger partial charge is 0.407 e. The Morgan fingerprint density at radius 3 is 2.47 bits per heavy atom. The summed E-state index contributed by atoms with van der Waals surface area (Å²) < 4.78 is 24.5. The molecule has 0 atom stereocenters. The highest BCUT2D eigenvalue weighted by Gasteiger charge is 2.25. The second-order valence-corrected chi connectivity index (χ2v) is 8.80. The number of rotatable bonds is 5. The fraction of sp³-hybridized carbons (Fsp3) is 0.478. The summed E-state index contributed by atoms with van der Waals surface area (Å²) in [5, 5.41) is 6.16. The van der Waals surface area contributed by atoms with Gasteiger partial charge in [-0.25, -0.2) is 23.9 Å². The summed E-state index contributed by atoms with van der Waals surface area (Å²) in [4.78, 5) is 32.1. The minimum absolute atomic E-state index is 0.0497. The van der Waals surface area contributed by atoms with Crippen LogP contribution < -0.4 is 10.6 Å². The monoisotopic (exact) mass is 444 g/mol. The van der Waals surface area contributed by atoms with Gasteiger partial charge in [0.2, 0.25) is 5.95 Å². The van der Waals surface area contributed by atoms with Crippen LogP contribution >= 0.6 is 0 Å². The molecule has 0 bridgehead atoms. The third kappa shape index (κ3) is 6.38. The Morgan fingerprint density at radius 1 is 1.12 bits per heavy atom. The molecule has 0 aliphatic heterocycles. The van der Waals surface area contributed by atoms with Crippen LogP contribution in [0.15, 0.2) is 30.5 Å². The van der Waals surface area contributed by atoms with Gasteiger partial charge in [-0.05, 0) is 58.6 Å². The molecular weight excluding hydrogens is 415 g/mol. The molecule has 172 valence electrons. The Bertz CT molecular complexity index is 969. The molecule has 2 aromatic rings. The van der Waals surface area contributed by atoms with Crippen LogP contribution in [0.2, 0.25) is 0 Å². The molecule has 1 aromatic heterocycles. The largest absolute Gasteiger partial charge is 0.465 e. The lowest BCUT2D eigenvalue weighted by atomic mass is 9.91. The number of halogens is 1. The first-order valence-corrected chi connectivity index (χ1v) is 10.6. The fourth-order valence-corrected chi connectivity index (χ4v) is 3.59. The van der Waals surface area contributed by atoms with Gasteiger partial charge in [0.1, 0.15) is 11.3 Å². The van der Waals surface area contributed by atoms with Crippen LogP contribution in [-0.2, 0) is 9.47 Å². The molecule has 1 fully saturated rings. The van der Waals surface area contributed by atoms with Crippen LogP contribution in [0.1, 0.15) is 56.8 Å². The SMILES string of the molecule is COC(=O)c1cccc(-c2nc(NC3CCC(NC(=O)OC(C)(C)C)CC3)ncc2F)c1. The van der Waals surface area contributed by atoms with Crippen LogP contribution in [-0.4, -0.2) is 46.8 Å². The number of hydrogen-bond acceptors (Lipinski definition) is 7. The number of methoxy groups -OCH3 is 1. The van der Waals surface area contributed by atoms with Gasteiger partial charge in [-0.15, -0.1) is 0 Å². The van der Waals surface area contributed by atoms with Crippen molar-refractivity contribution in [1.29, 1.82) is 0 Å². The number of nitrogens with one attached hydrogen (secondary N) is 2. The van der Waals surface area contributed by atoms with Crippen LogP contribution in [0.5, 0.6) is 0 Å². The summed E-state index contributed by atoms with van der Waals surface area (Å²) in [6, 6.07) is 6.61. The van der Waals surface area contributed by atoms with Gasteiger partial charge in [0.25, 0.3) is 0 Å². The molecule has 1 heterocycles. The number of carbonyl (C=O) groups is 2. The van der Waals surface area contributed by atoms with Crippen molar-refractivity contribution in [3.8, 4) is 11.3 Å². The first-order valence-electron chi connectivity index (χ1n) is 10.6. The minimum Gasteiger partial charge on any atom is -0.465 e. The van der Waals surface area contributed by atoms with Crippen molar-refractivity contribution in [2.75, 3.05) is 12.4 Å². The first kappa shape index (κ1) is 23.4. The molecule has 1 aromatic carbocycles. The van der Waals surface area contributed by atoms with Crippen molar-refractivity contribution in [2.45, 2.75) is 64.1 Å². The van der Waals surface area contributed by atoms with Crippen LogP contribution in [0.3, 0.4) is 0 Å². The fourth-order valence-electron chi connectivity index (χ4n) is 3.59. The number of esters is 1. The van der Waals surface area contributed by atoms with Crippen molar-refractivity contribution >= 4 is 18.0 Å². The summed E-state index contributed by atoms with van der Waals surface area (Å²) in [6.45, 7) is 5.49. The van der Waals surface area contributed by atoms with Gasteiger partial charge in [0, 0.05) is 17.6 Å². The second kappa shape index (κ2) is 9.93. The molecule has 3 rings (SSSR count). The van der Waals surface area contributed by atoms with E-state index in [2.05, 4.69) is 20.6 Å². The lowest BCUT2D eigenvalue weighted by Gasteiger charge is -2.30. The number of carbonyl (C=O) groups excluding carboxylic acids is 2. The van der Waals surface area contributed by atoms with E-state index in [0.717, 1.165) is 31.9 Å². The topological polar surface area (TPSA) is 102 Å². The zero-order valence-electron chi connectivity index (χ0n) is 18.8. The molecule has 1 amide bonds. The lowest BCUT2D eigenvalue weighted by molar-refractivity contribution is 0.0491. The number of aromatic nitrogens is 2. The normalized spacial score (nSPS) is 18.5. The molecule has 1 aliphatic rings. The number of hydrogen-bond donors (Lipinski definition) is 2. The van der Waals surface area contributed by atoms with Crippen molar-refractivity contribution in [1.82, 2.24) is 15.3 Å². The molecule has 1 saturated carbocycles. The molecular formula is C23H29FN4O4. The maximum absolute atomic E-state index is 14.4. The number of nitrogens with zero attached hydrogens (tertiary/aromatic N) is 2. The van der Waals surface area contributed by atoms with E-state index in [1.54, 1.807) is 18.2 Å². The van der Waals surface area contributed by atoms with Gasteiger partial charge in [0.15, 0.2) is 5.82 Å². The maximum atomic E-state index is 14.4. The molecule has 2 N–H and O–H groups in total. The van der Waals surface area contributed by atoms with Crippen molar-refractivity contribution in [3.05, 3.63) is 41.8 Å². The Kier molecular flexibility index (Phi) is 7.27. The Balaban J connectivity index is 1.62. The lowest BCUT2D eigenvalue weighted by Crippen LogP contribution is -2.42. The highest BCUT2D eigenvalue weighted by Crippen LogP contribution is 2.25. The second-order valence-electron chi connectivity index (χ2n) is 8.80. The molecule has 9 heteroatoms. The number of anilines is 1. The van der Waals surface area contributed by atoms with E-state index in [0.29, 0.717) is 17.1 Å². The standard InChI is InChI=1S/C23H29FN4O4/c1-23(2,3)32-22(30)27-17-10-8-16(9-11-17)26-21-25-13-18(24)19(28-21)14-6-5-7-15(12-14)20(29)31-4/h5-7,12-13,16-17H,8-11H2,1-4H3,(H,27,30)(H,25,26,28). The molecule has 1 aliphatic carbocycles. The third-order valence-electron chi connectivity index (χ3n) is 5.08. The number of ether oxygens (including phenoxy) is 2. The third-order valence-corrected chi connectivity index (χ3v) is 5.08. The number of alkyl carbamates (subject to hydrolysis) is 1. The maximum Gasteiger partial charge on any atom is 0.407 e.